The Balaban J connectivity index is 1.39. The van der Waals surface area contributed by atoms with Gasteiger partial charge in [-0.05, 0) is 48.6 Å². The highest BCUT2D eigenvalue weighted by atomic mass is 32.2. The van der Waals surface area contributed by atoms with E-state index in [-0.39, 0.29) is 34.6 Å². The molecule has 5 rings (SSSR count). The summed E-state index contributed by atoms with van der Waals surface area (Å²) in [6, 6.07) is 16.9. The Hall–Kier alpha value is -4.47. The maximum Gasteiger partial charge on any atom is 0.234 e. The third kappa shape index (κ3) is 6.48. The van der Waals surface area contributed by atoms with Crippen LogP contribution in [0, 0.1) is 23.7 Å². The number of carbonyl (C=O) groups is 3. The molecule has 0 fully saturated rings. The van der Waals surface area contributed by atoms with Crippen molar-refractivity contribution in [1.29, 1.82) is 5.26 Å². The van der Waals surface area contributed by atoms with E-state index in [1.54, 1.807) is 29.2 Å². The molecule has 2 heterocycles. The molecule has 220 valence electrons. The van der Waals surface area contributed by atoms with E-state index >= 15 is 0 Å². The van der Waals surface area contributed by atoms with Crippen LogP contribution in [0.4, 0.5) is 16.5 Å². The Labute approximate surface area is 258 Å². The van der Waals surface area contributed by atoms with Gasteiger partial charge in [0.1, 0.15) is 5.82 Å². The number of aromatic nitrogens is 2. The first-order valence-corrected chi connectivity index (χ1v) is 15.4. The van der Waals surface area contributed by atoms with Crippen molar-refractivity contribution >= 4 is 57.2 Å². The van der Waals surface area contributed by atoms with Crippen LogP contribution in [0.25, 0.3) is 0 Å². The van der Waals surface area contributed by atoms with E-state index in [9.17, 15) is 19.6 Å². The van der Waals surface area contributed by atoms with Crippen LogP contribution in [0.2, 0.25) is 0 Å². The van der Waals surface area contributed by atoms with Crippen molar-refractivity contribution in [2.75, 3.05) is 21.3 Å². The predicted molar refractivity (Wildman–Crippen MR) is 168 cm³/mol. The number of anilines is 3. The van der Waals surface area contributed by atoms with Crippen molar-refractivity contribution in [3.63, 3.8) is 0 Å². The van der Waals surface area contributed by atoms with E-state index in [1.165, 1.54) is 30.0 Å². The quantitative estimate of drug-likeness (QED) is 0.294. The number of carbonyl (C=O) groups excluding carboxylic acids is 3. The maximum absolute atomic E-state index is 13.7. The zero-order valence-electron chi connectivity index (χ0n) is 24.2. The van der Waals surface area contributed by atoms with E-state index in [4.69, 9.17) is 5.73 Å². The molecule has 0 bridgehead atoms. The Bertz CT molecular complexity index is 1700. The number of aryl methyl sites for hydroxylation is 1. The fraction of sp³-hybridized carbons (Fsp3) is 0.290. The van der Waals surface area contributed by atoms with Crippen molar-refractivity contribution < 1.29 is 14.4 Å². The minimum Gasteiger partial charge on any atom is -0.384 e. The third-order valence-electron chi connectivity index (χ3n) is 7.19. The number of ketones is 1. The first-order valence-electron chi connectivity index (χ1n) is 13.6. The number of Topliss-reactive ketones (excluding diaryl/α,β-unsaturated/α-hetero) is 1. The summed E-state index contributed by atoms with van der Waals surface area (Å²) in [6.07, 6.45) is 0.935. The SMILES string of the molecule is CC(=O)Nc1ccc(NC(=O)CSc2nnc(N3C(N)=C(C#N)C(c4ccc(C)cc4)C4=C3CC(C)(C)CC4=O)s2)cc1. The number of nitrogens with two attached hydrogens (primary N) is 1. The average molecular weight is 614 g/mol. The van der Waals surface area contributed by atoms with Crippen molar-refractivity contribution in [2.24, 2.45) is 11.1 Å². The second-order valence-corrected chi connectivity index (χ2v) is 13.5. The van der Waals surface area contributed by atoms with Crippen molar-refractivity contribution in [3.8, 4) is 6.07 Å². The van der Waals surface area contributed by atoms with Gasteiger partial charge in [0, 0.05) is 36.0 Å². The van der Waals surface area contributed by atoms with Crippen LogP contribution in [0.1, 0.15) is 50.7 Å². The summed E-state index contributed by atoms with van der Waals surface area (Å²) in [4.78, 5) is 39.2. The van der Waals surface area contributed by atoms with Gasteiger partial charge in [-0.2, -0.15) is 5.26 Å². The molecule has 1 aromatic heterocycles. The lowest BCUT2D eigenvalue weighted by molar-refractivity contribution is -0.118. The highest BCUT2D eigenvalue weighted by Gasteiger charge is 2.45. The number of nitrogens with one attached hydrogen (secondary N) is 2. The van der Waals surface area contributed by atoms with Crippen LogP contribution in [-0.2, 0) is 14.4 Å². The molecular formula is C31H31N7O3S2. The monoisotopic (exact) mass is 613 g/mol. The standard InChI is InChI=1S/C31H31N7O3S2/c1-17-5-7-19(8-6-17)26-22(15-32)28(33)38(23-13-31(3,4)14-24(40)27(23)26)29-36-37-30(43-29)42-16-25(41)35-21-11-9-20(10-12-21)34-18(2)39/h5-12,26H,13-14,16,33H2,1-4H3,(H,34,39)(H,35,41). The average Bonchev–Trinajstić information content (AvgIpc) is 3.40. The number of hydrogen-bond donors (Lipinski definition) is 3. The van der Waals surface area contributed by atoms with Gasteiger partial charge in [-0.3, -0.25) is 19.3 Å². The Morgan fingerprint density at radius 1 is 1.09 bits per heavy atom. The highest BCUT2D eigenvalue weighted by molar-refractivity contribution is 8.01. The van der Waals surface area contributed by atoms with Gasteiger partial charge in [-0.1, -0.05) is 66.8 Å². The highest BCUT2D eigenvalue weighted by Crippen LogP contribution is 2.50. The molecular weight excluding hydrogens is 583 g/mol. The molecule has 1 aliphatic carbocycles. The maximum atomic E-state index is 13.7. The topological polar surface area (TPSA) is 154 Å². The molecule has 0 radical (unpaired) electrons. The summed E-state index contributed by atoms with van der Waals surface area (Å²) in [6.45, 7) is 7.50. The van der Waals surface area contributed by atoms with Gasteiger partial charge in [0.05, 0.1) is 23.3 Å². The number of benzene rings is 2. The van der Waals surface area contributed by atoms with Crippen LogP contribution >= 0.6 is 23.1 Å². The minimum atomic E-state index is -0.557. The minimum absolute atomic E-state index is 0.0111. The second-order valence-electron chi connectivity index (χ2n) is 11.3. The fourth-order valence-electron chi connectivity index (χ4n) is 5.34. The Morgan fingerprint density at radius 2 is 1.74 bits per heavy atom. The zero-order chi connectivity index (χ0) is 30.9. The lowest BCUT2D eigenvalue weighted by Crippen LogP contribution is -2.42. The molecule has 12 heteroatoms. The first kappa shape index (κ1) is 30.0. The van der Waals surface area contributed by atoms with Gasteiger partial charge in [-0.15, -0.1) is 10.2 Å². The molecule has 3 aromatic rings. The van der Waals surface area contributed by atoms with Crippen molar-refractivity contribution in [2.45, 2.75) is 50.8 Å². The molecule has 2 amide bonds. The number of amides is 2. The van der Waals surface area contributed by atoms with E-state index in [0.717, 1.165) is 16.8 Å². The summed E-state index contributed by atoms with van der Waals surface area (Å²) in [5, 5.41) is 24.8. The number of nitrogens with zero attached hydrogens (tertiary/aromatic N) is 4. The molecule has 1 aliphatic heterocycles. The summed E-state index contributed by atoms with van der Waals surface area (Å²) < 4.78 is 0.543. The molecule has 43 heavy (non-hydrogen) atoms. The predicted octanol–water partition coefficient (Wildman–Crippen LogP) is 5.48. The van der Waals surface area contributed by atoms with Gasteiger partial charge >= 0.3 is 0 Å². The van der Waals surface area contributed by atoms with Crippen molar-refractivity contribution in [3.05, 3.63) is 82.3 Å². The van der Waals surface area contributed by atoms with Crippen LogP contribution in [0.15, 0.2) is 75.5 Å². The molecule has 1 unspecified atom stereocenters. The van der Waals surface area contributed by atoms with E-state index in [1.807, 2.05) is 45.0 Å². The first-order chi connectivity index (χ1) is 20.5. The number of hydrogen-bond acceptors (Lipinski definition) is 10. The number of nitriles is 1. The second kappa shape index (κ2) is 12.0. The van der Waals surface area contributed by atoms with Gasteiger partial charge < -0.3 is 16.4 Å². The number of allylic oxidation sites excluding steroid dienone is 3. The number of thioether (sulfide) groups is 1. The smallest absolute Gasteiger partial charge is 0.234 e. The van der Waals surface area contributed by atoms with E-state index in [2.05, 4.69) is 26.9 Å². The molecule has 2 aliphatic rings. The van der Waals surface area contributed by atoms with Gasteiger partial charge in [0.25, 0.3) is 0 Å². The molecule has 10 nitrogen and oxygen atoms in total. The van der Waals surface area contributed by atoms with Crippen LogP contribution in [-0.4, -0.2) is 33.5 Å². The normalized spacial score (nSPS) is 17.8. The number of rotatable bonds is 7. The lowest BCUT2D eigenvalue weighted by Gasteiger charge is -2.42. The zero-order valence-corrected chi connectivity index (χ0v) is 25.9. The van der Waals surface area contributed by atoms with Gasteiger partial charge in [0.15, 0.2) is 10.1 Å². The van der Waals surface area contributed by atoms with Crippen LogP contribution in [0.5, 0.6) is 0 Å². The van der Waals surface area contributed by atoms with Crippen LogP contribution < -0.4 is 21.3 Å². The Kier molecular flexibility index (Phi) is 8.39. The molecule has 1 atom stereocenters. The summed E-state index contributed by atoms with van der Waals surface area (Å²) in [7, 11) is 0. The lowest BCUT2D eigenvalue weighted by atomic mass is 9.68. The fourth-order valence-corrected chi connectivity index (χ4v) is 7.02. The summed E-state index contributed by atoms with van der Waals surface area (Å²) in [5.41, 5.74) is 11.1. The molecule has 0 saturated carbocycles. The molecule has 0 saturated heterocycles. The van der Waals surface area contributed by atoms with E-state index < -0.39 is 5.92 Å². The van der Waals surface area contributed by atoms with Crippen LogP contribution in [0.3, 0.4) is 0 Å². The molecule has 2 aromatic carbocycles. The Morgan fingerprint density at radius 3 is 2.37 bits per heavy atom. The van der Waals surface area contributed by atoms with Crippen molar-refractivity contribution in [1.82, 2.24) is 10.2 Å². The summed E-state index contributed by atoms with van der Waals surface area (Å²) >= 11 is 2.47. The molecule has 0 spiro atoms. The van der Waals surface area contributed by atoms with Gasteiger partial charge in [0.2, 0.25) is 16.9 Å². The largest absolute Gasteiger partial charge is 0.384 e. The third-order valence-corrected chi connectivity index (χ3v) is 9.24. The van der Waals surface area contributed by atoms with E-state index in [0.29, 0.717) is 44.8 Å². The molecule has 4 N–H and O–H groups in total. The summed E-state index contributed by atoms with van der Waals surface area (Å²) in [5.74, 6) is -0.658. The van der Waals surface area contributed by atoms with Gasteiger partial charge in [-0.25, -0.2) is 0 Å².